The zero-order valence-electron chi connectivity index (χ0n) is 11.1. The van der Waals surface area contributed by atoms with Gasteiger partial charge in [-0.15, -0.1) is 0 Å². The number of fused-ring (bicyclic) bond motifs is 1. The fraction of sp³-hybridized carbons (Fsp3) is 0.0667. The molecule has 3 aromatic rings. The summed E-state index contributed by atoms with van der Waals surface area (Å²) in [6.45, 7) is 0. The molecule has 21 heavy (non-hydrogen) atoms. The van der Waals surface area contributed by atoms with Crippen molar-refractivity contribution in [2.24, 2.45) is 0 Å². The van der Waals surface area contributed by atoms with Crippen molar-refractivity contribution in [1.29, 1.82) is 0 Å². The molecular weight excluding hydrogens is 336 g/mol. The average Bonchev–Trinajstić information content (AvgIpc) is 2.91. The number of carbonyl (C=O) groups is 1. The highest BCUT2D eigenvalue weighted by atomic mass is 79.9. The molecule has 6 heteroatoms. The van der Waals surface area contributed by atoms with Crippen molar-refractivity contribution in [2.75, 3.05) is 7.11 Å². The molecule has 0 aliphatic carbocycles. The molecule has 106 valence electrons. The zero-order valence-corrected chi connectivity index (χ0v) is 12.7. The molecule has 0 atom stereocenters. The minimum absolute atomic E-state index is 0.185. The molecule has 0 spiro atoms. The number of aromatic nitrogens is 2. The number of aromatic carboxylic acids is 1. The van der Waals surface area contributed by atoms with Crippen molar-refractivity contribution < 1.29 is 14.6 Å². The number of carboxylic acid groups (broad SMARTS) is 1. The van der Waals surface area contributed by atoms with Gasteiger partial charge in [-0.1, -0.05) is 6.07 Å². The van der Waals surface area contributed by atoms with E-state index in [0.29, 0.717) is 11.3 Å². The molecular formula is C15H11BrN2O3. The summed E-state index contributed by atoms with van der Waals surface area (Å²) in [5.41, 5.74) is 2.20. The first-order valence-electron chi connectivity index (χ1n) is 6.15. The van der Waals surface area contributed by atoms with Crippen LogP contribution in [0.15, 0.2) is 47.2 Å². The van der Waals surface area contributed by atoms with Crippen molar-refractivity contribution in [3.05, 3.63) is 52.8 Å². The Morgan fingerprint density at radius 1 is 1.33 bits per heavy atom. The third-order valence-electron chi connectivity index (χ3n) is 3.22. The molecule has 0 fully saturated rings. The van der Waals surface area contributed by atoms with Gasteiger partial charge in [-0.3, -0.25) is 4.57 Å². The molecule has 3 rings (SSSR count). The summed E-state index contributed by atoms with van der Waals surface area (Å²) in [5.74, 6) is -0.278. The number of para-hydroxylation sites is 1. The number of methoxy groups -OCH3 is 1. The number of rotatable bonds is 3. The lowest BCUT2D eigenvalue weighted by molar-refractivity contribution is 0.0699. The van der Waals surface area contributed by atoms with Crippen LogP contribution in [-0.2, 0) is 0 Å². The minimum Gasteiger partial charge on any atom is -0.497 e. The minimum atomic E-state index is -0.990. The van der Waals surface area contributed by atoms with E-state index in [-0.39, 0.29) is 5.56 Å². The van der Waals surface area contributed by atoms with Gasteiger partial charge in [0.2, 0.25) is 0 Å². The second-order valence-electron chi connectivity index (χ2n) is 4.41. The highest BCUT2D eigenvalue weighted by Crippen LogP contribution is 2.29. The second kappa shape index (κ2) is 5.21. The SMILES string of the molecule is COc1ccc(Br)c(-n2cnc3c(C(=O)O)cccc32)c1. The van der Waals surface area contributed by atoms with Crippen molar-refractivity contribution in [1.82, 2.24) is 9.55 Å². The lowest BCUT2D eigenvalue weighted by Crippen LogP contribution is -1.98. The number of benzene rings is 2. The quantitative estimate of drug-likeness (QED) is 0.788. The van der Waals surface area contributed by atoms with E-state index in [9.17, 15) is 9.90 Å². The molecule has 2 aromatic carbocycles. The third-order valence-corrected chi connectivity index (χ3v) is 3.89. The van der Waals surface area contributed by atoms with Gasteiger partial charge in [-0.05, 0) is 40.2 Å². The number of ether oxygens (including phenoxy) is 1. The molecule has 0 saturated carbocycles. The molecule has 1 heterocycles. The molecule has 0 aliphatic rings. The summed E-state index contributed by atoms with van der Waals surface area (Å²) in [7, 11) is 1.60. The normalized spacial score (nSPS) is 10.8. The van der Waals surface area contributed by atoms with Gasteiger partial charge in [0, 0.05) is 10.5 Å². The second-order valence-corrected chi connectivity index (χ2v) is 5.26. The van der Waals surface area contributed by atoms with E-state index in [1.54, 1.807) is 25.6 Å². The number of hydrogen-bond donors (Lipinski definition) is 1. The van der Waals surface area contributed by atoms with E-state index >= 15 is 0 Å². The average molecular weight is 347 g/mol. The van der Waals surface area contributed by atoms with Gasteiger partial charge in [-0.2, -0.15) is 0 Å². The van der Waals surface area contributed by atoms with Crippen LogP contribution in [0.25, 0.3) is 16.7 Å². The highest BCUT2D eigenvalue weighted by Gasteiger charge is 2.14. The zero-order chi connectivity index (χ0) is 15.0. The molecule has 1 aromatic heterocycles. The Morgan fingerprint density at radius 3 is 2.86 bits per heavy atom. The van der Waals surface area contributed by atoms with Crippen LogP contribution in [0.1, 0.15) is 10.4 Å². The highest BCUT2D eigenvalue weighted by molar-refractivity contribution is 9.10. The van der Waals surface area contributed by atoms with E-state index in [2.05, 4.69) is 20.9 Å². The molecule has 5 nitrogen and oxygen atoms in total. The predicted molar refractivity (Wildman–Crippen MR) is 82.3 cm³/mol. The van der Waals surface area contributed by atoms with Gasteiger partial charge in [0.1, 0.15) is 17.6 Å². The monoisotopic (exact) mass is 346 g/mol. The topological polar surface area (TPSA) is 64.4 Å². The Balaban J connectivity index is 2.27. The van der Waals surface area contributed by atoms with E-state index in [4.69, 9.17) is 4.74 Å². The maximum Gasteiger partial charge on any atom is 0.337 e. The Morgan fingerprint density at radius 2 is 2.14 bits per heavy atom. The third kappa shape index (κ3) is 2.27. The lowest BCUT2D eigenvalue weighted by atomic mass is 10.2. The van der Waals surface area contributed by atoms with Gasteiger partial charge in [0.25, 0.3) is 0 Å². The number of nitrogens with zero attached hydrogens (tertiary/aromatic N) is 2. The summed E-state index contributed by atoms with van der Waals surface area (Å²) < 4.78 is 7.93. The van der Waals surface area contributed by atoms with Gasteiger partial charge >= 0.3 is 5.97 Å². The molecule has 0 bridgehead atoms. The van der Waals surface area contributed by atoms with Crippen LogP contribution in [0.2, 0.25) is 0 Å². The summed E-state index contributed by atoms with van der Waals surface area (Å²) >= 11 is 3.49. The van der Waals surface area contributed by atoms with Crippen LogP contribution < -0.4 is 4.74 Å². The molecule has 0 radical (unpaired) electrons. The number of hydrogen-bond acceptors (Lipinski definition) is 3. The van der Waals surface area contributed by atoms with Crippen LogP contribution >= 0.6 is 15.9 Å². The first-order valence-corrected chi connectivity index (χ1v) is 6.94. The smallest absolute Gasteiger partial charge is 0.337 e. The van der Waals surface area contributed by atoms with Gasteiger partial charge < -0.3 is 9.84 Å². The Bertz CT molecular complexity index is 842. The van der Waals surface area contributed by atoms with Gasteiger partial charge in [0.15, 0.2) is 0 Å². The maximum absolute atomic E-state index is 11.2. The summed E-state index contributed by atoms with van der Waals surface area (Å²) in [6.07, 6.45) is 1.61. The van der Waals surface area contributed by atoms with Crippen LogP contribution in [0, 0.1) is 0 Å². The van der Waals surface area contributed by atoms with E-state index < -0.39 is 5.97 Å². The molecule has 0 saturated heterocycles. The Labute approximate surface area is 128 Å². The van der Waals surface area contributed by atoms with Crippen molar-refractivity contribution in [2.45, 2.75) is 0 Å². The molecule has 0 aliphatic heterocycles. The van der Waals surface area contributed by atoms with Gasteiger partial charge in [-0.25, -0.2) is 9.78 Å². The van der Waals surface area contributed by atoms with Crippen molar-refractivity contribution in [3.8, 4) is 11.4 Å². The Kier molecular flexibility index (Phi) is 3.39. The van der Waals surface area contributed by atoms with Gasteiger partial charge in [0.05, 0.1) is 23.9 Å². The molecule has 1 N–H and O–H groups in total. The largest absolute Gasteiger partial charge is 0.497 e. The van der Waals surface area contributed by atoms with Crippen LogP contribution in [0.3, 0.4) is 0 Å². The van der Waals surface area contributed by atoms with Crippen LogP contribution in [-0.4, -0.2) is 27.7 Å². The predicted octanol–water partition coefficient (Wildman–Crippen LogP) is 3.49. The van der Waals surface area contributed by atoms with Crippen molar-refractivity contribution in [3.63, 3.8) is 0 Å². The summed E-state index contributed by atoms with van der Waals surface area (Å²) in [6, 6.07) is 10.7. The Hall–Kier alpha value is -2.34. The maximum atomic E-state index is 11.2. The lowest BCUT2D eigenvalue weighted by Gasteiger charge is -2.09. The summed E-state index contributed by atoms with van der Waals surface area (Å²) in [4.78, 5) is 15.5. The van der Waals surface area contributed by atoms with E-state index in [0.717, 1.165) is 15.7 Å². The summed E-state index contributed by atoms with van der Waals surface area (Å²) in [5, 5.41) is 9.22. The molecule has 0 amide bonds. The molecule has 0 unspecified atom stereocenters. The first-order chi connectivity index (χ1) is 10.1. The van der Waals surface area contributed by atoms with Crippen molar-refractivity contribution >= 4 is 32.9 Å². The number of carboxylic acids is 1. The number of halogens is 1. The van der Waals surface area contributed by atoms with E-state index in [1.165, 1.54) is 0 Å². The van der Waals surface area contributed by atoms with E-state index in [1.807, 2.05) is 28.8 Å². The standard InChI is InChI=1S/C15H11BrN2O3/c1-21-9-5-6-11(16)13(7-9)18-8-17-14-10(15(19)20)3-2-4-12(14)18/h2-8H,1H3,(H,19,20). The van der Waals surface area contributed by atoms with Crippen LogP contribution in [0.4, 0.5) is 0 Å². The number of imidazole rings is 1. The fourth-order valence-corrected chi connectivity index (χ4v) is 2.65. The fourth-order valence-electron chi connectivity index (χ4n) is 2.21. The first kappa shape index (κ1) is 13.6. The van der Waals surface area contributed by atoms with Crippen LogP contribution in [0.5, 0.6) is 5.75 Å².